The molecule has 0 aromatic heterocycles. The number of carboxylic acid groups (broad SMARTS) is 1. The maximum Gasteiger partial charge on any atom is 0.304 e. The van der Waals surface area contributed by atoms with Crippen molar-refractivity contribution in [3.05, 3.63) is 0 Å². The maximum atomic E-state index is 10.1. The van der Waals surface area contributed by atoms with Gasteiger partial charge in [0.05, 0.1) is 6.42 Å². The van der Waals surface area contributed by atoms with Crippen molar-refractivity contribution in [3.63, 3.8) is 0 Å². The van der Waals surface area contributed by atoms with Gasteiger partial charge in [-0.1, -0.05) is 0 Å². The zero-order valence-corrected chi connectivity index (χ0v) is 5.78. The second-order valence-corrected chi connectivity index (χ2v) is 3.04. The lowest BCUT2D eigenvalue weighted by molar-refractivity contribution is -0.137. The van der Waals surface area contributed by atoms with Crippen LogP contribution < -0.4 is 5.32 Å². The van der Waals surface area contributed by atoms with E-state index in [1.807, 2.05) is 0 Å². The van der Waals surface area contributed by atoms with E-state index in [1.54, 1.807) is 11.8 Å². The standard InChI is InChI=1S/C5H9NO2S/c7-5(8)1-4-2-9-3-6-4/h4,6H,1-3H2,(H,7,8)/t4-/m1/s1. The SMILES string of the molecule is O=C(O)C[C@@H]1CSCN1. The van der Waals surface area contributed by atoms with E-state index in [9.17, 15) is 4.79 Å². The summed E-state index contributed by atoms with van der Waals surface area (Å²) in [5.74, 6) is 1.12. The molecule has 1 aliphatic heterocycles. The van der Waals surface area contributed by atoms with Crippen LogP contribution in [-0.2, 0) is 4.79 Å². The predicted octanol–water partition coefficient (Wildman–Crippen LogP) is 0.124. The van der Waals surface area contributed by atoms with Gasteiger partial charge in [-0.15, -0.1) is 11.8 Å². The van der Waals surface area contributed by atoms with Crippen LogP contribution in [0.4, 0.5) is 0 Å². The number of hydrogen-bond donors (Lipinski definition) is 2. The highest BCUT2D eigenvalue weighted by atomic mass is 32.2. The number of rotatable bonds is 2. The second kappa shape index (κ2) is 3.08. The summed E-state index contributed by atoms with van der Waals surface area (Å²) in [4.78, 5) is 10.1. The minimum Gasteiger partial charge on any atom is -0.481 e. The maximum absolute atomic E-state index is 10.1. The molecule has 52 valence electrons. The van der Waals surface area contributed by atoms with E-state index in [1.165, 1.54) is 0 Å². The molecule has 0 saturated carbocycles. The van der Waals surface area contributed by atoms with E-state index in [-0.39, 0.29) is 12.5 Å². The smallest absolute Gasteiger partial charge is 0.304 e. The Morgan fingerprint density at radius 3 is 3.11 bits per heavy atom. The highest BCUT2D eigenvalue weighted by Gasteiger charge is 2.16. The Morgan fingerprint density at radius 2 is 2.67 bits per heavy atom. The van der Waals surface area contributed by atoms with Crippen LogP contribution >= 0.6 is 11.8 Å². The van der Waals surface area contributed by atoms with Gasteiger partial charge in [-0.05, 0) is 0 Å². The van der Waals surface area contributed by atoms with Crippen molar-refractivity contribution in [2.75, 3.05) is 11.6 Å². The molecule has 0 aromatic carbocycles. The van der Waals surface area contributed by atoms with Gasteiger partial charge in [-0.2, -0.15) is 0 Å². The van der Waals surface area contributed by atoms with Gasteiger partial charge in [-0.25, -0.2) is 0 Å². The Hall–Kier alpha value is -0.220. The second-order valence-electron chi connectivity index (χ2n) is 2.01. The Morgan fingerprint density at radius 1 is 1.89 bits per heavy atom. The number of hydrogen-bond acceptors (Lipinski definition) is 3. The zero-order chi connectivity index (χ0) is 6.69. The first-order chi connectivity index (χ1) is 4.29. The lowest BCUT2D eigenvalue weighted by atomic mass is 10.2. The lowest BCUT2D eigenvalue weighted by Gasteiger charge is -2.02. The van der Waals surface area contributed by atoms with Gasteiger partial charge >= 0.3 is 5.97 Å². The molecule has 0 amide bonds. The highest BCUT2D eigenvalue weighted by molar-refractivity contribution is 7.99. The molecule has 1 heterocycles. The van der Waals surface area contributed by atoms with Crippen molar-refractivity contribution in [1.29, 1.82) is 0 Å². The molecule has 0 aromatic rings. The summed E-state index contributed by atoms with van der Waals surface area (Å²) < 4.78 is 0. The van der Waals surface area contributed by atoms with E-state index in [4.69, 9.17) is 5.11 Å². The fourth-order valence-electron chi connectivity index (χ4n) is 0.779. The average molecular weight is 147 g/mol. The first kappa shape index (κ1) is 6.89. The minimum absolute atomic E-state index is 0.201. The normalized spacial score (nSPS) is 26.4. The van der Waals surface area contributed by atoms with Gasteiger partial charge in [0, 0.05) is 17.7 Å². The van der Waals surface area contributed by atoms with Crippen molar-refractivity contribution < 1.29 is 9.90 Å². The van der Waals surface area contributed by atoms with Crippen molar-refractivity contribution in [3.8, 4) is 0 Å². The molecule has 0 bridgehead atoms. The fourth-order valence-corrected chi connectivity index (χ4v) is 1.77. The third kappa shape index (κ3) is 2.24. The van der Waals surface area contributed by atoms with E-state index >= 15 is 0 Å². The van der Waals surface area contributed by atoms with Gasteiger partial charge in [-0.3, -0.25) is 4.79 Å². The molecular weight excluding hydrogens is 138 g/mol. The molecule has 1 aliphatic rings. The summed E-state index contributed by atoms with van der Waals surface area (Å²) in [6, 6.07) is 0.201. The largest absolute Gasteiger partial charge is 0.481 e. The Balaban J connectivity index is 2.19. The summed E-state index contributed by atoms with van der Waals surface area (Å²) in [5, 5.41) is 11.4. The van der Waals surface area contributed by atoms with Crippen LogP contribution in [0.3, 0.4) is 0 Å². The molecule has 0 aliphatic carbocycles. The molecule has 0 radical (unpaired) electrons. The first-order valence-corrected chi connectivity index (χ1v) is 3.97. The van der Waals surface area contributed by atoms with Gasteiger partial charge in [0.2, 0.25) is 0 Å². The molecule has 4 heteroatoms. The number of carbonyl (C=O) groups is 1. The van der Waals surface area contributed by atoms with Crippen LogP contribution in [0, 0.1) is 0 Å². The number of nitrogens with one attached hydrogen (secondary N) is 1. The Labute approximate surface area is 57.8 Å². The van der Waals surface area contributed by atoms with Crippen LogP contribution in [0.5, 0.6) is 0 Å². The highest BCUT2D eigenvalue weighted by Crippen LogP contribution is 2.11. The molecule has 1 rings (SSSR count). The third-order valence-electron chi connectivity index (χ3n) is 1.21. The summed E-state index contributed by atoms with van der Waals surface area (Å²) in [5.41, 5.74) is 0. The molecular formula is C5H9NO2S. The van der Waals surface area contributed by atoms with Gasteiger partial charge < -0.3 is 10.4 Å². The summed E-state index contributed by atoms with van der Waals surface area (Å²) in [7, 11) is 0. The molecule has 0 spiro atoms. The molecule has 1 saturated heterocycles. The quantitative estimate of drug-likeness (QED) is 0.582. The van der Waals surface area contributed by atoms with Crippen LogP contribution in [-0.4, -0.2) is 28.7 Å². The molecule has 3 nitrogen and oxygen atoms in total. The monoisotopic (exact) mass is 147 g/mol. The average Bonchev–Trinajstić information content (AvgIpc) is 2.15. The number of thioether (sulfide) groups is 1. The first-order valence-electron chi connectivity index (χ1n) is 2.82. The van der Waals surface area contributed by atoms with Crippen molar-refractivity contribution in [2.45, 2.75) is 12.5 Å². The van der Waals surface area contributed by atoms with E-state index in [0.29, 0.717) is 0 Å². The van der Waals surface area contributed by atoms with Crippen LogP contribution in [0.25, 0.3) is 0 Å². The number of carboxylic acids is 1. The fraction of sp³-hybridized carbons (Fsp3) is 0.800. The van der Waals surface area contributed by atoms with Crippen molar-refractivity contribution in [2.24, 2.45) is 0 Å². The van der Waals surface area contributed by atoms with Crippen molar-refractivity contribution >= 4 is 17.7 Å². The topological polar surface area (TPSA) is 49.3 Å². The third-order valence-corrected chi connectivity index (χ3v) is 2.22. The lowest BCUT2D eigenvalue weighted by Crippen LogP contribution is -2.26. The van der Waals surface area contributed by atoms with Gasteiger partial charge in [0.1, 0.15) is 0 Å². The van der Waals surface area contributed by atoms with Crippen molar-refractivity contribution in [1.82, 2.24) is 5.32 Å². The molecule has 0 unspecified atom stereocenters. The minimum atomic E-state index is -0.713. The zero-order valence-electron chi connectivity index (χ0n) is 4.96. The van der Waals surface area contributed by atoms with E-state index in [0.717, 1.165) is 11.6 Å². The summed E-state index contributed by atoms with van der Waals surface area (Å²) in [6.07, 6.45) is 0.257. The van der Waals surface area contributed by atoms with Crippen LogP contribution in [0.15, 0.2) is 0 Å². The van der Waals surface area contributed by atoms with Gasteiger partial charge in [0.15, 0.2) is 0 Å². The number of aliphatic carboxylic acids is 1. The van der Waals surface area contributed by atoms with E-state index in [2.05, 4.69) is 5.32 Å². The Kier molecular flexibility index (Phi) is 2.36. The Bertz CT molecular complexity index is 112. The van der Waals surface area contributed by atoms with E-state index < -0.39 is 5.97 Å². The van der Waals surface area contributed by atoms with Gasteiger partial charge in [0.25, 0.3) is 0 Å². The van der Waals surface area contributed by atoms with Crippen LogP contribution in [0.1, 0.15) is 6.42 Å². The summed E-state index contributed by atoms with van der Waals surface area (Å²) >= 11 is 1.75. The summed E-state index contributed by atoms with van der Waals surface area (Å²) in [6.45, 7) is 0. The van der Waals surface area contributed by atoms with Crippen LogP contribution in [0.2, 0.25) is 0 Å². The molecule has 9 heavy (non-hydrogen) atoms. The molecule has 1 fully saturated rings. The molecule has 2 N–H and O–H groups in total. The molecule has 1 atom stereocenters. The predicted molar refractivity (Wildman–Crippen MR) is 36.5 cm³/mol.